The molecule has 2 aliphatic heterocycles. The molecule has 220 valence electrons. The Kier molecular flexibility index (Phi) is 9.20. The Morgan fingerprint density at radius 1 is 1.07 bits per heavy atom. The molecule has 0 bridgehead atoms. The predicted molar refractivity (Wildman–Crippen MR) is 160 cm³/mol. The summed E-state index contributed by atoms with van der Waals surface area (Å²) in [6.45, 7) is 3.94. The molecule has 3 atom stereocenters. The highest BCUT2D eigenvalue weighted by atomic mass is 35.5. The molecule has 0 radical (unpaired) electrons. The first-order valence-electron chi connectivity index (χ1n) is 13.8. The van der Waals surface area contributed by atoms with Gasteiger partial charge in [-0.05, 0) is 50.6 Å². The molecule has 3 N–H and O–H groups in total. The van der Waals surface area contributed by atoms with Gasteiger partial charge in [0.15, 0.2) is 5.01 Å². The first kappa shape index (κ1) is 29.8. The van der Waals surface area contributed by atoms with Crippen molar-refractivity contribution in [2.45, 2.75) is 44.3 Å². The Morgan fingerprint density at radius 2 is 1.85 bits per heavy atom. The molecule has 4 heterocycles. The number of H-pyrrole nitrogens is 1. The van der Waals surface area contributed by atoms with Crippen molar-refractivity contribution in [2.24, 2.45) is 5.92 Å². The Balaban J connectivity index is 0.00000337. The minimum atomic E-state index is -0.414. The van der Waals surface area contributed by atoms with Crippen LogP contribution >= 0.6 is 35.3 Å². The average Bonchev–Trinajstić information content (AvgIpc) is 3.58. The van der Waals surface area contributed by atoms with Gasteiger partial charge in [-0.3, -0.25) is 14.4 Å². The van der Waals surface area contributed by atoms with Crippen LogP contribution in [0.1, 0.15) is 50.1 Å². The smallest absolute Gasteiger partial charge is 0.280 e. The van der Waals surface area contributed by atoms with E-state index in [1.165, 1.54) is 11.3 Å². The summed E-state index contributed by atoms with van der Waals surface area (Å²) in [6.07, 6.45) is 2.48. The van der Waals surface area contributed by atoms with E-state index in [9.17, 15) is 14.4 Å². The number of ether oxygens (including phenoxy) is 1. The molecule has 1 aromatic carbocycles. The van der Waals surface area contributed by atoms with E-state index in [4.69, 9.17) is 16.3 Å². The van der Waals surface area contributed by atoms with Crippen molar-refractivity contribution in [3.05, 3.63) is 50.6 Å². The Labute approximate surface area is 253 Å². The topological polar surface area (TPSA) is 120 Å². The number of fused-ring (bicyclic) bond motifs is 2. The first-order valence-corrected chi connectivity index (χ1v) is 15.0. The summed E-state index contributed by atoms with van der Waals surface area (Å²) < 4.78 is 5.41. The van der Waals surface area contributed by atoms with E-state index >= 15 is 0 Å². The van der Waals surface area contributed by atoms with Crippen LogP contribution in [-0.2, 0) is 22.5 Å². The number of thiazole rings is 1. The van der Waals surface area contributed by atoms with Gasteiger partial charge in [-0.2, -0.15) is 0 Å². The number of rotatable bonds is 5. The number of morpholine rings is 1. The second kappa shape index (κ2) is 12.7. The van der Waals surface area contributed by atoms with Crippen LogP contribution in [0.2, 0.25) is 5.02 Å². The molecule has 6 rings (SSSR count). The van der Waals surface area contributed by atoms with Crippen LogP contribution in [0.15, 0.2) is 24.3 Å². The van der Waals surface area contributed by atoms with Crippen LogP contribution in [0.25, 0.3) is 10.9 Å². The summed E-state index contributed by atoms with van der Waals surface area (Å²) in [6, 6.07) is 6.44. The van der Waals surface area contributed by atoms with Gasteiger partial charge in [0.2, 0.25) is 5.91 Å². The van der Waals surface area contributed by atoms with Crippen molar-refractivity contribution in [2.75, 3.05) is 39.9 Å². The van der Waals surface area contributed by atoms with Crippen molar-refractivity contribution in [1.29, 1.82) is 0 Å². The van der Waals surface area contributed by atoms with Gasteiger partial charge in [-0.15, -0.1) is 23.7 Å². The number of amides is 3. The third-order valence-corrected chi connectivity index (χ3v) is 9.42. The van der Waals surface area contributed by atoms with Crippen molar-refractivity contribution in [3.63, 3.8) is 0 Å². The van der Waals surface area contributed by atoms with E-state index in [-0.39, 0.29) is 42.1 Å². The number of aromatic nitrogens is 2. The molecule has 3 aromatic rings. The maximum Gasteiger partial charge on any atom is 0.280 e. The second-order valence-electron chi connectivity index (χ2n) is 10.9. The normalized spacial score (nSPS) is 23.0. The zero-order valence-electron chi connectivity index (χ0n) is 22.8. The molecule has 13 heteroatoms. The van der Waals surface area contributed by atoms with Crippen LogP contribution < -0.4 is 10.6 Å². The van der Waals surface area contributed by atoms with Crippen molar-refractivity contribution >= 4 is 64.0 Å². The van der Waals surface area contributed by atoms with E-state index in [2.05, 4.69) is 32.5 Å². The highest BCUT2D eigenvalue weighted by Gasteiger charge is 2.38. The van der Waals surface area contributed by atoms with Crippen molar-refractivity contribution in [3.8, 4) is 0 Å². The minimum absolute atomic E-state index is 0. The average molecular weight is 622 g/mol. The van der Waals surface area contributed by atoms with Gasteiger partial charge in [-0.25, -0.2) is 4.98 Å². The molecule has 1 saturated heterocycles. The van der Waals surface area contributed by atoms with Gasteiger partial charge in [0, 0.05) is 65.4 Å². The number of carbonyl (C=O) groups is 3. The minimum Gasteiger partial charge on any atom is -0.378 e. The van der Waals surface area contributed by atoms with Crippen molar-refractivity contribution in [1.82, 2.24) is 30.4 Å². The molecule has 10 nitrogen and oxygen atoms in total. The van der Waals surface area contributed by atoms with E-state index in [0.29, 0.717) is 61.3 Å². The zero-order valence-corrected chi connectivity index (χ0v) is 25.2. The first-order chi connectivity index (χ1) is 19.3. The third-order valence-electron chi connectivity index (χ3n) is 8.10. The number of aromatic amines is 1. The maximum atomic E-state index is 13.4. The Bertz CT molecular complexity index is 1440. The highest BCUT2D eigenvalue weighted by molar-refractivity contribution is 7.13. The van der Waals surface area contributed by atoms with Crippen LogP contribution in [0.4, 0.5) is 0 Å². The van der Waals surface area contributed by atoms with E-state index in [0.717, 1.165) is 41.0 Å². The van der Waals surface area contributed by atoms with E-state index in [1.807, 2.05) is 11.0 Å². The number of likely N-dealkylation sites (N-methyl/N-ethyl adjacent to an activating group) is 1. The predicted octanol–water partition coefficient (Wildman–Crippen LogP) is 3.24. The lowest BCUT2D eigenvalue weighted by atomic mass is 9.81. The second-order valence-corrected chi connectivity index (χ2v) is 12.4. The number of nitrogens with one attached hydrogen (secondary N) is 3. The number of carbonyl (C=O) groups excluding carboxylic acids is 3. The lowest BCUT2D eigenvalue weighted by Gasteiger charge is -2.38. The number of hydrogen-bond acceptors (Lipinski definition) is 7. The van der Waals surface area contributed by atoms with Crippen LogP contribution in [-0.4, -0.2) is 89.5 Å². The molecule has 1 aliphatic carbocycles. The third kappa shape index (κ3) is 6.54. The summed E-state index contributed by atoms with van der Waals surface area (Å²) in [4.78, 5) is 53.0. The summed E-state index contributed by atoms with van der Waals surface area (Å²) in [5, 5.41) is 8.14. The van der Waals surface area contributed by atoms with Gasteiger partial charge in [0.25, 0.3) is 11.8 Å². The lowest BCUT2D eigenvalue weighted by molar-refractivity contribution is -0.141. The molecule has 3 unspecified atom stereocenters. The molecule has 2 fully saturated rings. The SMILES string of the molecule is CN1CCc2nc(C(=O)NC3CC(C(=O)N4CCOCC4)CCC3NC(=O)c3cc4cc(Cl)ccc4[nH]3)sc2C1.Cl. The number of benzene rings is 1. The summed E-state index contributed by atoms with van der Waals surface area (Å²) in [7, 11) is 2.06. The monoisotopic (exact) mass is 620 g/mol. The summed E-state index contributed by atoms with van der Waals surface area (Å²) in [5.74, 6) is -0.661. The van der Waals surface area contributed by atoms with E-state index in [1.54, 1.807) is 18.2 Å². The maximum absolute atomic E-state index is 13.4. The molecule has 1 saturated carbocycles. The van der Waals surface area contributed by atoms with Gasteiger partial charge < -0.3 is 30.2 Å². The fourth-order valence-corrected chi connectivity index (χ4v) is 7.16. The Hall–Kier alpha value is -2.70. The van der Waals surface area contributed by atoms with Crippen LogP contribution in [0.3, 0.4) is 0 Å². The lowest BCUT2D eigenvalue weighted by Crippen LogP contribution is -2.56. The van der Waals surface area contributed by atoms with Gasteiger partial charge in [0.1, 0.15) is 5.69 Å². The highest BCUT2D eigenvalue weighted by Crippen LogP contribution is 2.29. The molecule has 41 heavy (non-hydrogen) atoms. The molecule has 0 spiro atoms. The molecule has 2 aromatic heterocycles. The quantitative estimate of drug-likeness (QED) is 0.403. The fourth-order valence-electron chi connectivity index (χ4n) is 5.89. The largest absolute Gasteiger partial charge is 0.378 e. The summed E-state index contributed by atoms with van der Waals surface area (Å²) in [5.41, 5.74) is 2.23. The molecule has 3 aliphatic rings. The number of halogens is 2. The van der Waals surface area contributed by atoms with E-state index < -0.39 is 6.04 Å². The van der Waals surface area contributed by atoms with Crippen LogP contribution in [0.5, 0.6) is 0 Å². The number of nitrogens with zero attached hydrogens (tertiary/aromatic N) is 3. The molecule has 3 amide bonds. The molecular weight excluding hydrogens is 587 g/mol. The molecular formula is C28H34Cl2N6O4S. The number of hydrogen-bond donors (Lipinski definition) is 3. The van der Waals surface area contributed by atoms with Gasteiger partial charge >= 0.3 is 0 Å². The fraction of sp³-hybridized carbons (Fsp3) is 0.500. The van der Waals surface area contributed by atoms with Crippen molar-refractivity contribution < 1.29 is 19.1 Å². The van der Waals surface area contributed by atoms with Crippen LogP contribution in [0, 0.1) is 5.92 Å². The van der Waals surface area contributed by atoms with Gasteiger partial charge in [0.05, 0.1) is 24.9 Å². The van der Waals surface area contributed by atoms with Gasteiger partial charge in [-0.1, -0.05) is 11.6 Å². The Morgan fingerprint density at radius 3 is 2.66 bits per heavy atom. The standard InChI is InChI=1S/C28H33ClN6O4S.ClH/c1-34-7-6-21-24(15-34)40-27(33-21)26(37)32-22-13-16(28(38)35-8-10-39-11-9-35)2-4-20(22)31-25(36)23-14-17-12-18(29)3-5-19(17)30-23;/h3,5,12,14,16,20,22,30H,2,4,6-11,13,15H2,1H3,(H,31,36)(H,32,37);1H. The zero-order chi connectivity index (χ0) is 27.8. The summed E-state index contributed by atoms with van der Waals surface area (Å²) >= 11 is 7.54.